The van der Waals surface area contributed by atoms with Gasteiger partial charge in [0.2, 0.25) is 10.0 Å². The number of esters is 1. The van der Waals surface area contributed by atoms with Crippen molar-refractivity contribution in [1.29, 1.82) is 0 Å². The summed E-state index contributed by atoms with van der Waals surface area (Å²) >= 11 is 6.35. The van der Waals surface area contributed by atoms with E-state index in [0.717, 1.165) is 48.9 Å². The normalized spacial score (nSPS) is 29.8. The van der Waals surface area contributed by atoms with Crippen LogP contribution < -0.4 is 14.4 Å². The highest BCUT2D eigenvalue weighted by molar-refractivity contribution is 7.90. The third-order valence-corrected chi connectivity index (χ3v) is 12.7. The Hall–Kier alpha value is -3.41. The molecule has 3 heterocycles. The van der Waals surface area contributed by atoms with Gasteiger partial charge in [-0.2, -0.15) is 0 Å². The SMILES string of the molecule is CO[C@@]1(CC2=NCC(=O)O2)/C=C/C[C@H](C)[C@@H](C)S(=O)(=O)NC(=O)c2ccc3c(c2)N(CCCCc2cc(Cl)ccc2CO3)C[C@@H]2CC[C@H]21. The summed E-state index contributed by atoms with van der Waals surface area (Å²) < 4.78 is 47.4. The van der Waals surface area contributed by atoms with Crippen LogP contribution >= 0.6 is 11.6 Å². The molecule has 0 saturated heterocycles. The molecular weight excluding hydrogens is 654 g/mol. The zero-order chi connectivity index (χ0) is 34.1. The van der Waals surface area contributed by atoms with E-state index in [4.69, 9.17) is 25.8 Å². The van der Waals surface area contributed by atoms with Crippen LogP contribution in [0.1, 0.15) is 73.9 Å². The molecule has 1 aliphatic carbocycles. The molecule has 1 N–H and O–H groups in total. The number of cyclic esters (lactones) is 1. The van der Waals surface area contributed by atoms with Crippen LogP contribution in [0.25, 0.3) is 0 Å². The highest BCUT2D eigenvalue weighted by Crippen LogP contribution is 2.48. The summed E-state index contributed by atoms with van der Waals surface area (Å²) in [5, 5.41) is -0.157. The maximum Gasteiger partial charge on any atom is 0.334 e. The molecule has 2 bridgehead atoms. The largest absolute Gasteiger partial charge is 0.487 e. The highest BCUT2D eigenvalue weighted by Gasteiger charge is 2.49. The van der Waals surface area contributed by atoms with Crippen LogP contribution in [-0.4, -0.2) is 63.8 Å². The first-order valence-corrected chi connectivity index (χ1v) is 18.7. The number of hydrogen-bond acceptors (Lipinski definition) is 9. The average Bonchev–Trinajstić information content (AvgIpc) is 3.44. The minimum atomic E-state index is -4.00. The van der Waals surface area contributed by atoms with Crippen LogP contribution in [0.3, 0.4) is 0 Å². The average molecular weight is 698 g/mol. The van der Waals surface area contributed by atoms with Crippen molar-refractivity contribution in [2.45, 2.75) is 76.3 Å². The number of amides is 1. The van der Waals surface area contributed by atoms with Crippen molar-refractivity contribution in [2.24, 2.45) is 22.7 Å². The number of rotatable bonds is 3. The minimum Gasteiger partial charge on any atom is -0.487 e. The smallest absolute Gasteiger partial charge is 0.334 e. The Morgan fingerprint density at radius 2 is 1.94 bits per heavy atom. The van der Waals surface area contributed by atoms with Crippen molar-refractivity contribution >= 4 is 45.1 Å². The van der Waals surface area contributed by atoms with E-state index in [1.54, 1.807) is 32.2 Å². The lowest BCUT2D eigenvalue weighted by Crippen LogP contribution is -2.52. The summed E-state index contributed by atoms with van der Waals surface area (Å²) in [6.07, 6.45) is 9.27. The van der Waals surface area contributed by atoms with Crippen molar-refractivity contribution in [3.05, 3.63) is 70.3 Å². The molecule has 258 valence electrons. The van der Waals surface area contributed by atoms with E-state index in [9.17, 15) is 18.0 Å². The molecule has 6 rings (SSSR count). The van der Waals surface area contributed by atoms with Gasteiger partial charge in [-0.3, -0.25) is 4.79 Å². The van der Waals surface area contributed by atoms with Gasteiger partial charge in [-0.05, 0) is 105 Å². The van der Waals surface area contributed by atoms with Gasteiger partial charge in [0.1, 0.15) is 18.9 Å². The van der Waals surface area contributed by atoms with Crippen molar-refractivity contribution in [2.75, 3.05) is 31.6 Å². The topological polar surface area (TPSA) is 124 Å². The predicted molar refractivity (Wildman–Crippen MR) is 185 cm³/mol. The molecule has 0 aromatic heterocycles. The standard InChI is InChI=1S/C36H44ClN3O7S/c1-23-7-6-15-36(45-3,19-33-38-20-34(41)47-33)30-13-10-27(30)21-40-16-5-4-8-25-17-29(37)12-9-28(25)22-46-32-14-11-26(18-31(32)40)35(42)39-48(43,44)24(23)2/h6,9,11-12,14-15,17-18,23-24,27,30H,4-5,7-8,10,13,16,19-22H2,1-3H3,(H,39,42)/b15-6+/t23-,24+,27-,30+,36+/m0/s1. The van der Waals surface area contributed by atoms with E-state index in [-0.39, 0.29) is 35.8 Å². The van der Waals surface area contributed by atoms with Gasteiger partial charge in [0, 0.05) is 30.8 Å². The Morgan fingerprint density at radius 1 is 1.10 bits per heavy atom. The fraction of sp³-hybridized carbons (Fsp3) is 0.528. The minimum absolute atomic E-state index is 0.00592. The number of fused-ring (bicyclic) bond motifs is 3. The highest BCUT2D eigenvalue weighted by atomic mass is 35.5. The zero-order valence-electron chi connectivity index (χ0n) is 27.7. The number of nitrogens with zero attached hydrogens (tertiary/aromatic N) is 2. The summed E-state index contributed by atoms with van der Waals surface area (Å²) in [5.41, 5.74) is 2.38. The summed E-state index contributed by atoms with van der Waals surface area (Å²) in [6, 6.07) is 11.0. The number of benzene rings is 2. The molecule has 3 aliphatic heterocycles. The van der Waals surface area contributed by atoms with Gasteiger partial charge in [0.05, 0.1) is 23.0 Å². The number of anilines is 1. The van der Waals surface area contributed by atoms with E-state index in [0.29, 0.717) is 49.2 Å². The first-order chi connectivity index (χ1) is 23.0. The Labute approximate surface area is 287 Å². The Bertz CT molecular complexity index is 1730. The second-order valence-electron chi connectivity index (χ2n) is 13.5. The number of hydrogen-bond donors (Lipinski definition) is 1. The summed E-state index contributed by atoms with van der Waals surface area (Å²) in [6.45, 7) is 5.16. The number of ether oxygens (including phenoxy) is 3. The van der Waals surface area contributed by atoms with Crippen molar-refractivity contribution in [3.8, 4) is 5.75 Å². The predicted octanol–water partition coefficient (Wildman–Crippen LogP) is 5.86. The maximum absolute atomic E-state index is 13.5. The van der Waals surface area contributed by atoms with Crippen LogP contribution in [0.5, 0.6) is 5.75 Å². The molecule has 1 amide bonds. The zero-order valence-corrected chi connectivity index (χ0v) is 29.3. The molecule has 10 nitrogen and oxygen atoms in total. The first kappa shape index (κ1) is 34.5. The molecular formula is C36H44ClN3O7S. The van der Waals surface area contributed by atoms with Crippen LogP contribution in [0.4, 0.5) is 5.69 Å². The summed E-state index contributed by atoms with van der Waals surface area (Å²) in [5.74, 6) is -0.0945. The number of halogens is 1. The molecule has 1 fully saturated rings. The molecule has 1 saturated carbocycles. The monoisotopic (exact) mass is 697 g/mol. The van der Waals surface area contributed by atoms with Gasteiger partial charge in [0.25, 0.3) is 5.91 Å². The van der Waals surface area contributed by atoms with E-state index in [1.165, 1.54) is 0 Å². The van der Waals surface area contributed by atoms with Crippen LogP contribution in [0.2, 0.25) is 5.02 Å². The van der Waals surface area contributed by atoms with Gasteiger partial charge in [-0.25, -0.2) is 22.9 Å². The molecule has 2 aromatic carbocycles. The van der Waals surface area contributed by atoms with Crippen LogP contribution in [-0.2, 0) is 37.3 Å². The fourth-order valence-corrected chi connectivity index (χ4v) is 8.82. The maximum atomic E-state index is 13.5. The Balaban J connectivity index is 1.41. The number of carbonyl (C=O) groups excluding carboxylic acids is 2. The molecule has 2 aromatic rings. The fourth-order valence-electron chi connectivity index (χ4n) is 7.34. The number of aryl methyl sites for hydroxylation is 1. The summed E-state index contributed by atoms with van der Waals surface area (Å²) in [4.78, 5) is 32.1. The molecule has 5 atom stereocenters. The number of carbonyl (C=O) groups is 2. The van der Waals surface area contributed by atoms with Gasteiger partial charge < -0.3 is 19.1 Å². The number of sulfonamides is 1. The van der Waals surface area contributed by atoms with Crippen molar-refractivity contribution in [3.63, 3.8) is 0 Å². The molecule has 48 heavy (non-hydrogen) atoms. The number of aliphatic imine (C=N–C) groups is 1. The quantitative estimate of drug-likeness (QED) is 0.313. The number of nitrogens with one attached hydrogen (secondary N) is 1. The number of methoxy groups -OCH3 is 1. The van der Waals surface area contributed by atoms with Crippen LogP contribution in [0.15, 0.2) is 53.5 Å². The summed E-state index contributed by atoms with van der Waals surface area (Å²) in [7, 11) is -2.33. The second kappa shape index (κ2) is 14.2. The Kier molecular flexibility index (Phi) is 10.2. The van der Waals surface area contributed by atoms with Crippen molar-refractivity contribution in [1.82, 2.24) is 4.72 Å². The third-order valence-electron chi connectivity index (χ3n) is 10.6. The van der Waals surface area contributed by atoms with E-state index >= 15 is 0 Å². The number of allylic oxidation sites excluding steroid dienone is 1. The second-order valence-corrected chi connectivity index (χ2v) is 16.0. The van der Waals surface area contributed by atoms with Gasteiger partial charge in [0.15, 0.2) is 5.90 Å². The van der Waals surface area contributed by atoms with Crippen molar-refractivity contribution < 1.29 is 32.2 Å². The molecule has 0 unspecified atom stereocenters. The van der Waals surface area contributed by atoms with Gasteiger partial charge in [-0.1, -0.05) is 36.7 Å². The molecule has 12 heteroatoms. The first-order valence-electron chi connectivity index (χ1n) is 16.8. The van der Waals surface area contributed by atoms with Gasteiger partial charge in [-0.15, -0.1) is 0 Å². The lowest BCUT2D eigenvalue weighted by atomic mass is 9.63. The van der Waals surface area contributed by atoms with E-state index < -0.39 is 26.8 Å². The third kappa shape index (κ3) is 7.28. The lowest BCUT2D eigenvalue weighted by molar-refractivity contribution is -0.132. The molecule has 4 aliphatic rings. The van der Waals surface area contributed by atoms with E-state index in [1.807, 2.05) is 37.3 Å². The molecule has 0 radical (unpaired) electrons. The van der Waals surface area contributed by atoms with Crippen LogP contribution in [0, 0.1) is 17.8 Å². The van der Waals surface area contributed by atoms with E-state index in [2.05, 4.69) is 14.6 Å². The Morgan fingerprint density at radius 3 is 2.67 bits per heavy atom. The van der Waals surface area contributed by atoms with Gasteiger partial charge >= 0.3 is 5.97 Å². The molecule has 0 spiro atoms. The lowest BCUT2D eigenvalue weighted by Gasteiger charge is -2.49.